The van der Waals surface area contributed by atoms with Gasteiger partial charge in [0.15, 0.2) is 5.84 Å². The number of benzene rings is 1. The number of halogens is 1. The molecule has 2 aliphatic heterocycles. The van der Waals surface area contributed by atoms with Crippen molar-refractivity contribution < 1.29 is 4.39 Å². The minimum absolute atomic E-state index is 0.259. The third-order valence-corrected chi connectivity index (χ3v) is 4.22. The highest BCUT2D eigenvalue weighted by molar-refractivity contribution is 6.43. The van der Waals surface area contributed by atoms with Crippen LogP contribution in [0.2, 0.25) is 0 Å². The van der Waals surface area contributed by atoms with E-state index in [2.05, 4.69) is 26.1 Å². The second kappa shape index (κ2) is 5.39. The maximum absolute atomic E-state index is 13.4. The molecule has 0 unspecified atom stereocenters. The molecule has 0 bridgehead atoms. The summed E-state index contributed by atoms with van der Waals surface area (Å²) < 4.78 is 15.3. The normalized spacial score (nSPS) is 16.4. The van der Waals surface area contributed by atoms with Gasteiger partial charge in [0.2, 0.25) is 5.84 Å². The van der Waals surface area contributed by atoms with E-state index >= 15 is 0 Å². The Balaban J connectivity index is 1.77. The fourth-order valence-corrected chi connectivity index (χ4v) is 3.03. The third kappa shape index (κ3) is 2.15. The van der Waals surface area contributed by atoms with Crippen LogP contribution in [0.4, 0.5) is 4.39 Å². The molecule has 26 heavy (non-hydrogen) atoms. The van der Waals surface area contributed by atoms with Gasteiger partial charge < -0.3 is 10.1 Å². The van der Waals surface area contributed by atoms with Crippen molar-refractivity contribution in [2.75, 3.05) is 0 Å². The standard InChI is InChI=1S/C17H13FN8/c18-12-4-1-10(2-5-12)14-15(26-17(16(19)21-14)22-23-24-26)11-3-6-13-20-7-8-25(13)9-11/h1-9,23-24H,(H2,19,21). The first kappa shape index (κ1) is 14.6. The van der Waals surface area contributed by atoms with Crippen molar-refractivity contribution in [3.8, 4) is 0 Å². The largest absolute Gasteiger partial charge is 0.380 e. The van der Waals surface area contributed by atoms with Gasteiger partial charge in [-0.25, -0.2) is 24.9 Å². The second-order valence-electron chi connectivity index (χ2n) is 5.81. The Morgan fingerprint density at radius 2 is 1.85 bits per heavy atom. The number of nitrogens with one attached hydrogen (secondary N) is 2. The number of imidazole rings is 1. The van der Waals surface area contributed by atoms with E-state index in [0.717, 1.165) is 22.5 Å². The van der Waals surface area contributed by atoms with E-state index in [1.807, 2.05) is 28.9 Å². The second-order valence-corrected chi connectivity index (χ2v) is 5.81. The van der Waals surface area contributed by atoms with Gasteiger partial charge in [0.1, 0.15) is 11.5 Å². The number of aromatic nitrogens is 2. The molecule has 0 aliphatic carbocycles. The summed E-state index contributed by atoms with van der Waals surface area (Å²) in [5.41, 5.74) is 15.5. The monoisotopic (exact) mass is 348 g/mol. The molecule has 3 aromatic rings. The number of hydrazone groups is 1. The maximum atomic E-state index is 13.4. The van der Waals surface area contributed by atoms with Crippen LogP contribution in [-0.2, 0) is 0 Å². The number of nitrogens with zero attached hydrogens (tertiary/aromatic N) is 5. The molecular formula is C17H13FN8. The van der Waals surface area contributed by atoms with Gasteiger partial charge in [0.05, 0.1) is 11.4 Å². The van der Waals surface area contributed by atoms with Crippen LogP contribution in [0.15, 0.2) is 65.1 Å². The molecule has 4 N–H and O–H groups in total. The highest BCUT2D eigenvalue weighted by Gasteiger charge is 2.32. The lowest BCUT2D eigenvalue weighted by Crippen LogP contribution is -2.46. The van der Waals surface area contributed by atoms with Crippen LogP contribution in [0.5, 0.6) is 0 Å². The van der Waals surface area contributed by atoms with Crippen LogP contribution in [0.25, 0.3) is 17.0 Å². The summed E-state index contributed by atoms with van der Waals surface area (Å²) in [7, 11) is 0. The van der Waals surface area contributed by atoms with Gasteiger partial charge in [0.25, 0.3) is 0 Å². The van der Waals surface area contributed by atoms with E-state index in [1.54, 1.807) is 23.3 Å². The molecule has 9 heteroatoms. The van der Waals surface area contributed by atoms with E-state index in [0.29, 0.717) is 11.5 Å². The van der Waals surface area contributed by atoms with Crippen molar-refractivity contribution in [3.05, 3.63) is 71.9 Å². The Hall–Kier alpha value is -3.72. The van der Waals surface area contributed by atoms with Crippen molar-refractivity contribution in [1.29, 1.82) is 0 Å². The zero-order valence-corrected chi connectivity index (χ0v) is 13.4. The highest BCUT2D eigenvalue weighted by atomic mass is 19.1. The first-order chi connectivity index (χ1) is 12.7. The molecule has 0 saturated heterocycles. The summed E-state index contributed by atoms with van der Waals surface area (Å²) in [6.07, 6.45) is 5.53. The van der Waals surface area contributed by atoms with Crippen LogP contribution >= 0.6 is 0 Å². The molecule has 1 aromatic carbocycles. The van der Waals surface area contributed by atoms with Crippen molar-refractivity contribution >= 4 is 28.7 Å². The van der Waals surface area contributed by atoms with Gasteiger partial charge in [-0.3, -0.25) is 0 Å². The molecule has 2 aromatic heterocycles. The summed E-state index contributed by atoms with van der Waals surface area (Å²) in [6, 6.07) is 9.97. The highest BCUT2D eigenvalue weighted by Crippen LogP contribution is 2.33. The number of amidine groups is 2. The van der Waals surface area contributed by atoms with Crippen LogP contribution in [-0.4, -0.2) is 26.1 Å². The zero-order valence-electron chi connectivity index (χ0n) is 13.4. The molecule has 128 valence electrons. The molecular weight excluding hydrogens is 335 g/mol. The molecule has 0 spiro atoms. The van der Waals surface area contributed by atoms with E-state index in [9.17, 15) is 4.39 Å². The Bertz CT molecular complexity index is 1110. The van der Waals surface area contributed by atoms with Crippen LogP contribution in [0.1, 0.15) is 11.1 Å². The average molecular weight is 348 g/mol. The summed E-state index contributed by atoms with van der Waals surface area (Å²) in [5.74, 6) is 0.414. The summed E-state index contributed by atoms with van der Waals surface area (Å²) in [5, 5.41) is 5.84. The molecule has 8 nitrogen and oxygen atoms in total. The first-order valence-electron chi connectivity index (χ1n) is 7.87. The number of fused-ring (bicyclic) bond motifs is 2. The van der Waals surface area contributed by atoms with Crippen molar-refractivity contribution in [1.82, 2.24) is 25.5 Å². The van der Waals surface area contributed by atoms with Gasteiger partial charge in [0, 0.05) is 29.7 Å². The molecule has 5 rings (SSSR count). The summed E-state index contributed by atoms with van der Waals surface area (Å²) in [4.78, 5) is 8.79. The van der Waals surface area contributed by atoms with Crippen LogP contribution < -0.4 is 16.8 Å². The van der Waals surface area contributed by atoms with Crippen molar-refractivity contribution in [2.24, 2.45) is 15.8 Å². The number of nitrogens with two attached hydrogens (primary N) is 1. The average Bonchev–Trinajstić information content (AvgIpc) is 3.31. The number of hydrogen-bond donors (Lipinski definition) is 3. The Morgan fingerprint density at radius 1 is 1.04 bits per heavy atom. The quantitative estimate of drug-likeness (QED) is 0.649. The van der Waals surface area contributed by atoms with Crippen molar-refractivity contribution in [2.45, 2.75) is 0 Å². The van der Waals surface area contributed by atoms with E-state index in [-0.39, 0.29) is 11.7 Å². The predicted molar refractivity (Wildman–Crippen MR) is 95.6 cm³/mol. The lowest BCUT2D eigenvalue weighted by molar-refractivity contribution is 0.399. The van der Waals surface area contributed by atoms with Crippen molar-refractivity contribution in [3.63, 3.8) is 0 Å². The number of aliphatic imine (C=N–C) groups is 1. The zero-order chi connectivity index (χ0) is 17.7. The van der Waals surface area contributed by atoms with Gasteiger partial charge in [-0.1, -0.05) is 0 Å². The number of hydrogen-bond acceptors (Lipinski definition) is 7. The molecule has 0 atom stereocenters. The minimum atomic E-state index is -0.313. The Kier molecular flexibility index (Phi) is 3.03. The van der Waals surface area contributed by atoms with E-state index in [1.165, 1.54) is 12.1 Å². The topological polar surface area (TPSA) is 95.3 Å². The Labute approximate surface area is 147 Å². The van der Waals surface area contributed by atoms with Gasteiger partial charge in [-0.2, -0.15) is 0 Å². The lowest BCUT2D eigenvalue weighted by Gasteiger charge is -2.27. The molecule has 0 radical (unpaired) electrons. The van der Waals surface area contributed by atoms with E-state index in [4.69, 9.17) is 5.73 Å². The number of rotatable bonds is 2. The summed E-state index contributed by atoms with van der Waals surface area (Å²) >= 11 is 0. The van der Waals surface area contributed by atoms with Crippen LogP contribution in [0, 0.1) is 5.82 Å². The predicted octanol–water partition coefficient (Wildman–Crippen LogP) is 1.31. The van der Waals surface area contributed by atoms with Gasteiger partial charge in [-0.05, 0) is 36.4 Å². The van der Waals surface area contributed by atoms with Crippen LogP contribution in [0.3, 0.4) is 0 Å². The lowest BCUT2D eigenvalue weighted by atomic mass is 10.0. The molecule has 0 saturated carbocycles. The maximum Gasteiger partial charge on any atom is 0.213 e. The molecule has 4 heterocycles. The number of hydrazine groups is 2. The molecule has 0 amide bonds. The van der Waals surface area contributed by atoms with Gasteiger partial charge in [-0.15, -0.1) is 10.6 Å². The fourth-order valence-electron chi connectivity index (χ4n) is 3.03. The smallest absolute Gasteiger partial charge is 0.213 e. The summed E-state index contributed by atoms with van der Waals surface area (Å²) in [6.45, 7) is 0. The van der Waals surface area contributed by atoms with Gasteiger partial charge >= 0.3 is 0 Å². The van der Waals surface area contributed by atoms with E-state index < -0.39 is 0 Å². The minimum Gasteiger partial charge on any atom is -0.380 e. The first-order valence-corrected chi connectivity index (χ1v) is 7.87. The third-order valence-electron chi connectivity index (χ3n) is 4.22. The fraction of sp³-hybridized carbons (Fsp3) is 0. The Morgan fingerprint density at radius 3 is 2.69 bits per heavy atom. The molecule has 2 aliphatic rings. The number of pyridine rings is 1. The molecule has 0 fully saturated rings. The SMILES string of the molecule is NC1=NC(c2ccc(F)cc2)=C(c2ccc3nccn3c2)N2NNN=C12.